The van der Waals surface area contributed by atoms with Gasteiger partial charge in [-0.2, -0.15) is 0 Å². The van der Waals surface area contributed by atoms with Crippen molar-refractivity contribution in [1.29, 1.82) is 0 Å². The molecule has 0 fully saturated rings. The second kappa shape index (κ2) is 22.1. The Hall–Kier alpha value is -12.7. The van der Waals surface area contributed by atoms with E-state index in [1.165, 1.54) is 21.5 Å². The highest BCUT2D eigenvalue weighted by molar-refractivity contribution is 6.13. The molecular weight excluding hydrogens is 1130 g/mol. The van der Waals surface area contributed by atoms with Gasteiger partial charge in [-0.25, -0.2) is 24.9 Å². The molecule has 18 rings (SSSR count). The Morgan fingerprint density at radius 1 is 0.183 bits per heavy atom. The van der Waals surface area contributed by atoms with Gasteiger partial charge in [-0.05, 0) is 102 Å². The number of aromatic nitrogens is 8. The first-order chi connectivity index (χ1) is 46.1. The van der Waals surface area contributed by atoms with E-state index in [0.717, 1.165) is 128 Å². The number of rotatable bonds is 11. The van der Waals surface area contributed by atoms with E-state index >= 15 is 0 Å². The highest BCUT2D eigenvalue weighted by Crippen LogP contribution is 2.46. The van der Waals surface area contributed by atoms with E-state index in [4.69, 9.17) is 24.9 Å². The zero-order valence-corrected chi connectivity index (χ0v) is 50.3. The van der Waals surface area contributed by atoms with Gasteiger partial charge in [-0.15, -0.1) is 0 Å². The normalized spacial score (nSPS) is 11.7. The Labute approximate surface area is 536 Å². The Morgan fingerprint density at radius 2 is 0.484 bits per heavy atom. The Bertz CT molecular complexity index is 5490. The number of para-hydroxylation sites is 5. The van der Waals surface area contributed by atoms with Gasteiger partial charge in [-0.3, -0.25) is 0 Å². The van der Waals surface area contributed by atoms with Gasteiger partial charge in [0.2, 0.25) is 0 Å². The van der Waals surface area contributed by atoms with Gasteiger partial charge in [0.1, 0.15) is 0 Å². The maximum atomic E-state index is 5.52. The summed E-state index contributed by atoms with van der Waals surface area (Å²) in [5.41, 5.74) is 21.2. The highest BCUT2D eigenvalue weighted by atomic mass is 15.0. The van der Waals surface area contributed by atoms with Crippen LogP contribution >= 0.6 is 0 Å². The summed E-state index contributed by atoms with van der Waals surface area (Å²) >= 11 is 0. The van der Waals surface area contributed by atoms with Crippen LogP contribution in [0.25, 0.3) is 173 Å². The summed E-state index contributed by atoms with van der Waals surface area (Å²) in [7, 11) is 0. The fourth-order valence-corrected chi connectivity index (χ4v) is 13.8. The van der Waals surface area contributed by atoms with E-state index in [-0.39, 0.29) is 0 Å². The van der Waals surface area contributed by atoms with Crippen LogP contribution < -0.4 is 0 Å². The Kier molecular flexibility index (Phi) is 12.7. The fraction of sp³-hybridized carbons (Fsp3) is 0. The molecule has 18 aromatic rings. The fourth-order valence-electron chi connectivity index (χ4n) is 13.8. The van der Waals surface area contributed by atoms with Crippen molar-refractivity contribution in [3.8, 4) is 107 Å². The lowest BCUT2D eigenvalue weighted by Crippen LogP contribution is -2.03. The van der Waals surface area contributed by atoms with Crippen LogP contribution in [0.1, 0.15) is 0 Å². The zero-order valence-electron chi connectivity index (χ0n) is 50.3. The number of nitrogens with zero attached hydrogens (tertiary/aromatic N) is 8. The summed E-state index contributed by atoms with van der Waals surface area (Å²) in [5, 5.41) is 7.02. The molecule has 0 amide bonds. The summed E-state index contributed by atoms with van der Waals surface area (Å²) < 4.78 is 7.25. The molecular formula is C85H54N8. The molecule has 93 heavy (non-hydrogen) atoms. The molecule has 0 bridgehead atoms. The van der Waals surface area contributed by atoms with Gasteiger partial charge in [0.15, 0.2) is 23.3 Å². The van der Waals surface area contributed by atoms with E-state index in [2.05, 4.69) is 281 Å². The molecule has 0 saturated heterocycles. The van der Waals surface area contributed by atoms with Crippen LogP contribution in [0, 0.1) is 0 Å². The minimum absolute atomic E-state index is 0.591. The molecule has 5 aromatic heterocycles. The van der Waals surface area contributed by atoms with Crippen molar-refractivity contribution in [2.24, 2.45) is 0 Å². The Balaban J connectivity index is 0.914. The lowest BCUT2D eigenvalue weighted by molar-refractivity contribution is 1.07. The molecule has 0 radical (unpaired) electrons. The van der Waals surface area contributed by atoms with Crippen LogP contribution in [0.4, 0.5) is 0 Å². The summed E-state index contributed by atoms with van der Waals surface area (Å²) in [5.74, 6) is 2.46. The Morgan fingerprint density at radius 3 is 0.892 bits per heavy atom. The van der Waals surface area contributed by atoms with Gasteiger partial charge in [0.05, 0.1) is 50.2 Å². The second-order valence-electron chi connectivity index (χ2n) is 23.6. The molecule has 13 aromatic carbocycles. The van der Waals surface area contributed by atoms with Gasteiger partial charge in [-0.1, -0.05) is 237 Å². The quantitative estimate of drug-likeness (QED) is 0.129. The van der Waals surface area contributed by atoms with Crippen LogP contribution in [-0.4, -0.2) is 38.6 Å². The number of hydrogen-bond acceptors (Lipinski definition) is 5. The first-order valence-corrected chi connectivity index (χ1v) is 31.4. The van der Waals surface area contributed by atoms with Crippen molar-refractivity contribution >= 4 is 65.4 Å². The van der Waals surface area contributed by atoms with Crippen LogP contribution in [0.15, 0.2) is 328 Å². The van der Waals surface area contributed by atoms with Crippen molar-refractivity contribution in [3.63, 3.8) is 0 Å². The van der Waals surface area contributed by atoms with E-state index < -0.39 is 0 Å². The monoisotopic (exact) mass is 1190 g/mol. The number of benzene rings is 13. The van der Waals surface area contributed by atoms with Crippen molar-refractivity contribution in [3.05, 3.63) is 328 Å². The van der Waals surface area contributed by atoms with Crippen LogP contribution in [0.3, 0.4) is 0 Å². The van der Waals surface area contributed by atoms with Crippen LogP contribution in [0.5, 0.6) is 0 Å². The average molecular weight is 1190 g/mol. The zero-order chi connectivity index (χ0) is 61.3. The predicted octanol–water partition coefficient (Wildman–Crippen LogP) is 21.3. The minimum atomic E-state index is 0.591. The third-order valence-corrected chi connectivity index (χ3v) is 18.1. The molecule has 434 valence electrons. The third-order valence-electron chi connectivity index (χ3n) is 18.1. The van der Waals surface area contributed by atoms with E-state index in [1.54, 1.807) is 0 Å². The lowest BCUT2D eigenvalue weighted by atomic mass is 9.91. The van der Waals surface area contributed by atoms with Gasteiger partial charge in [0.25, 0.3) is 0 Å². The minimum Gasteiger partial charge on any atom is -0.309 e. The summed E-state index contributed by atoms with van der Waals surface area (Å²) in [6, 6.07) is 116. The number of fused-ring (bicyclic) bond motifs is 9. The molecule has 0 aliphatic heterocycles. The summed E-state index contributed by atoms with van der Waals surface area (Å²) in [4.78, 5) is 26.3. The molecule has 5 heterocycles. The highest BCUT2D eigenvalue weighted by Gasteiger charge is 2.25. The first-order valence-electron chi connectivity index (χ1n) is 31.4. The van der Waals surface area contributed by atoms with E-state index in [9.17, 15) is 0 Å². The summed E-state index contributed by atoms with van der Waals surface area (Å²) in [6.07, 6.45) is 0. The van der Waals surface area contributed by atoms with Crippen LogP contribution in [0.2, 0.25) is 0 Å². The van der Waals surface area contributed by atoms with Crippen molar-refractivity contribution in [2.45, 2.75) is 0 Å². The van der Waals surface area contributed by atoms with Crippen LogP contribution in [-0.2, 0) is 0 Å². The standard InChI is InChI=1S/C85H54N8/c1-5-23-57(24-6-1)73-54-74(87-82(86-73)58-25-7-2-8-26-58)62-52-70(55-41-46-63(47-42-55)91-75-36-18-13-31-65(75)66-32-14-19-37-76(66)91)81(71(53-62)56-43-48-64(49-44-56)92-77-38-20-15-33-67(77)68-34-16-21-39-78(68)92)93-79-40-22-17-35-69(79)72-51-61(45-50-80(72)93)85-89-83(59-27-9-3-10-28-59)88-84(90-85)60-29-11-4-12-30-60/h1-54H. The van der Waals surface area contributed by atoms with E-state index in [1.807, 2.05) is 60.7 Å². The lowest BCUT2D eigenvalue weighted by Gasteiger charge is -2.22. The molecule has 8 nitrogen and oxygen atoms in total. The average Bonchev–Trinajstić information content (AvgIpc) is 1.63. The topological polar surface area (TPSA) is 79.2 Å². The van der Waals surface area contributed by atoms with Gasteiger partial charge >= 0.3 is 0 Å². The van der Waals surface area contributed by atoms with Crippen molar-refractivity contribution < 1.29 is 0 Å². The maximum absolute atomic E-state index is 5.52. The van der Waals surface area contributed by atoms with Crippen molar-refractivity contribution in [1.82, 2.24) is 38.6 Å². The first kappa shape index (κ1) is 53.4. The molecule has 0 atom stereocenters. The number of hydrogen-bond donors (Lipinski definition) is 0. The molecule has 0 aliphatic rings. The largest absolute Gasteiger partial charge is 0.309 e. The molecule has 0 unspecified atom stereocenters. The molecule has 0 spiro atoms. The summed E-state index contributed by atoms with van der Waals surface area (Å²) in [6.45, 7) is 0. The second-order valence-corrected chi connectivity index (χ2v) is 23.6. The molecule has 0 saturated carbocycles. The molecule has 0 aliphatic carbocycles. The third kappa shape index (κ3) is 9.18. The SMILES string of the molecule is c1ccc(-c2cc(-c3cc(-c4ccc(-n5c6ccccc6c6ccccc65)cc4)c(-n4c5ccccc5c5cc(-c6nc(-c7ccccc7)nc(-c7ccccc7)n6)ccc54)c(-c4ccc(-n5c6ccccc6c6ccccc65)cc4)c3)nc(-c3ccccc3)n2)cc1. The smallest absolute Gasteiger partial charge is 0.164 e. The maximum Gasteiger partial charge on any atom is 0.164 e. The van der Waals surface area contributed by atoms with Gasteiger partial charge < -0.3 is 13.7 Å². The predicted molar refractivity (Wildman–Crippen MR) is 382 cm³/mol. The van der Waals surface area contributed by atoms with Crippen molar-refractivity contribution in [2.75, 3.05) is 0 Å². The van der Waals surface area contributed by atoms with Gasteiger partial charge in [0, 0.05) is 88.2 Å². The molecule has 0 N–H and O–H groups in total. The van der Waals surface area contributed by atoms with E-state index in [0.29, 0.717) is 23.3 Å². The molecule has 8 heteroatoms.